The molecule has 0 saturated carbocycles. The van der Waals surface area contributed by atoms with Crippen molar-refractivity contribution in [2.24, 2.45) is 0 Å². The smallest absolute Gasteiger partial charge is 0.223 e. The van der Waals surface area contributed by atoms with Crippen molar-refractivity contribution < 1.29 is 10.2 Å². The zero-order valence-electron chi connectivity index (χ0n) is 12.5. The maximum atomic E-state index is 11.9. The first-order chi connectivity index (χ1) is 9.36. The highest BCUT2D eigenvalue weighted by atomic mass is 16.3. The monoisotopic (exact) mass is 280 g/mol. The summed E-state index contributed by atoms with van der Waals surface area (Å²) in [5.74, 6) is -0.191. The number of nitrogens with zero attached hydrogens (tertiary/aromatic N) is 2. The van der Waals surface area contributed by atoms with E-state index in [1.807, 2.05) is 25.3 Å². The SMILES string of the molecule is Cc1cc(=O)c(O)c(CN2CCCC2)n1C(C)(C)CO. The van der Waals surface area contributed by atoms with E-state index < -0.39 is 5.54 Å². The van der Waals surface area contributed by atoms with Crippen LogP contribution in [0, 0.1) is 6.92 Å². The highest BCUT2D eigenvalue weighted by Crippen LogP contribution is 2.26. The summed E-state index contributed by atoms with van der Waals surface area (Å²) in [7, 11) is 0. The summed E-state index contributed by atoms with van der Waals surface area (Å²) >= 11 is 0. The molecule has 2 heterocycles. The predicted molar refractivity (Wildman–Crippen MR) is 78.0 cm³/mol. The lowest BCUT2D eigenvalue weighted by atomic mass is 10.0. The molecule has 1 saturated heterocycles. The number of aromatic hydroxyl groups is 1. The van der Waals surface area contributed by atoms with Crippen molar-refractivity contribution in [3.63, 3.8) is 0 Å². The average Bonchev–Trinajstić information content (AvgIpc) is 2.88. The summed E-state index contributed by atoms with van der Waals surface area (Å²) < 4.78 is 1.89. The molecule has 0 bridgehead atoms. The summed E-state index contributed by atoms with van der Waals surface area (Å²) in [6.45, 7) is 8.11. The highest BCUT2D eigenvalue weighted by Gasteiger charge is 2.27. The van der Waals surface area contributed by atoms with Crippen LogP contribution in [0.3, 0.4) is 0 Å². The third-order valence-electron chi connectivity index (χ3n) is 4.03. The van der Waals surface area contributed by atoms with Gasteiger partial charge in [-0.1, -0.05) is 0 Å². The predicted octanol–water partition coefficient (Wildman–Crippen LogP) is 1.19. The number of rotatable bonds is 4. The second-order valence-electron chi connectivity index (χ2n) is 6.23. The topological polar surface area (TPSA) is 65.7 Å². The van der Waals surface area contributed by atoms with Gasteiger partial charge in [-0.25, -0.2) is 0 Å². The maximum Gasteiger partial charge on any atom is 0.223 e. The van der Waals surface area contributed by atoms with Gasteiger partial charge in [0.05, 0.1) is 17.8 Å². The molecule has 112 valence electrons. The van der Waals surface area contributed by atoms with Gasteiger partial charge in [0.1, 0.15) is 0 Å². The van der Waals surface area contributed by atoms with Gasteiger partial charge >= 0.3 is 0 Å². The Balaban J connectivity index is 2.53. The van der Waals surface area contributed by atoms with Gasteiger partial charge in [-0.15, -0.1) is 0 Å². The third kappa shape index (κ3) is 2.74. The Bertz CT molecular complexity index is 543. The van der Waals surface area contributed by atoms with Gasteiger partial charge < -0.3 is 14.8 Å². The van der Waals surface area contributed by atoms with Crippen LogP contribution in [0.25, 0.3) is 0 Å². The van der Waals surface area contributed by atoms with Crippen LogP contribution in [-0.4, -0.2) is 39.4 Å². The van der Waals surface area contributed by atoms with E-state index in [2.05, 4.69) is 4.90 Å². The summed E-state index contributed by atoms with van der Waals surface area (Å²) in [5.41, 5.74) is 0.475. The van der Waals surface area contributed by atoms with Crippen LogP contribution < -0.4 is 5.43 Å². The molecule has 1 aliphatic heterocycles. The molecule has 0 aromatic carbocycles. The lowest BCUT2D eigenvalue weighted by molar-refractivity contribution is 0.153. The van der Waals surface area contributed by atoms with Crippen molar-refractivity contribution in [1.82, 2.24) is 9.47 Å². The standard InChI is InChI=1S/C15H24N2O3/c1-11-8-13(19)14(20)12(9-16-6-4-5-7-16)17(11)15(2,3)10-18/h8,18,20H,4-7,9-10H2,1-3H3. The van der Waals surface area contributed by atoms with Gasteiger partial charge in [-0.2, -0.15) is 0 Å². The zero-order valence-corrected chi connectivity index (χ0v) is 12.5. The van der Waals surface area contributed by atoms with E-state index in [-0.39, 0.29) is 17.8 Å². The Labute approximate surface area is 119 Å². The maximum absolute atomic E-state index is 11.9. The summed E-state index contributed by atoms with van der Waals surface area (Å²) in [6.07, 6.45) is 2.31. The second kappa shape index (κ2) is 5.58. The molecule has 1 aromatic heterocycles. The molecule has 0 aliphatic carbocycles. The number of aromatic nitrogens is 1. The first kappa shape index (κ1) is 15.1. The third-order valence-corrected chi connectivity index (χ3v) is 4.03. The lowest BCUT2D eigenvalue weighted by Crippen LogP contribution is -2.37. The quantitative estimate of drug-likeness (QED) is 0.869. The molecule has 5 heteroatoms. The number of aryl methyl sites for hydroxylation is 1. The summed E-state index contributed by atoms with van der Waals surface area (Å²) in [5, 5.41) is 19.8. The number of aliphatic hydroxyl groups excluding tert-OH is 1. The van der Waals surface area contributed by atoms with Crippen molar-refractivity contribution in [1.29, 1.82) is 0 Å². The van der Waals surface area contributed by atoms with Gasteiger partial charge in [0.15, 0.2) is 5.75 Å². The molecule has 2 N–H and O–H groups in total. The molecular weight excluding hydrogens is 256 g/mol. The molecule has 5 nitrogen and oxygen atoms in total. The van der Waals surface area contributed by atoms with Crippen LogP contribution in [-0.2, 0) is 12.1 Å². The molecule has 2 rings (SSSR count). The molecule has 0 spiro atoms. The van der Waals surface area contributed by atoms with Crippen LogP contribution in [0.5, 0.6) is 5.75 Å². The van der Waals surface area contributed by atoms with E-state index in [0.29, 0.717) is 12.2 Å². The Kier molecular flexibility index (Phi) is 4.20. The van der Waals surface area contributed by atoms with Crippen molar-refractivity contribution in [3.8, 4) is 5.75 Å². The van der Waals surface area contributed by atoms with Crippen molar-refractivity contribution in [2.75, 3.05) is 19.7 Å². The number of hydrogen-bond acceptors (Lipinski definition) is 4. The zero-order chi connectivity index (χ0) is 14.9. The van der Waals surface area contributed by atoms with E-state index in [4.69, 9.17) is 0 Å². The van der Waals surface area contributed by atoms with Gasteiger partial charge in [0.25, 0.3) is 0 Å². The van der Waals surface area contributed by atoms with E-state index in [1.54, 1.807) is 0 Å². The van der Waals surface area contributed by atoms with Crippen LogP contribution in [0.2, 0.25) is 0 Å². The molecule has 20 heavy (non-hydrogen) atoms. The normalized spacial score (nSPS) is 16.8. The minimum absolute atomic E-state index is 0.0524. The van der Waals surface area contributed by atoms with Crippen molar-refractivity contribution in [3.05, 3.63) is 27.7 Å². The molecular formula is C15H24N2O3. The molecule has 0 amide bonds. The number of aliphatic hydroxyl groups is 1. The van der Waals surface area contributed by atoms with Crippen LogP contribution in [0.1, 0.15) is 38.1 Å². The summed E-state index contributed by atoms with van der Waals surface area (Å²) in [4.78, 5) is 14.1. The van der Waals surface area contributed by atoms with Gasteiger partial charge in [0.2, 0.25) is 5.43 Å². The number of likely N-dealkylation sites (tertiary alicyclic amines) is 1. The Morgan fingerprint density at radius 1 is 1.30 bits per heavy atom. The second-order valence-corrected chi connectivity index (χ2v) is 6.23. The molecule has 1 fully saturated rings. The van der Waals surface area contributed by atoms with E-state index in [1.165, 1.54) is 6.07 Å². The average molecular weight is 280 g/mol. The number of pyridine rings is 1. The van der Waals surface area contributed by atoms with E-state index in [0.717, 1.165) is 31.6 Å². The summed E-state index contributed by atoms with van der Waals surface area (Å²) in [6, 6.07) is 1.43. The van der Waals surface area contributed by atoms with Crippen molar-refractivity contribution >= 4 is 0 Å². The highest BCUT2D eigenvalue weighted by molar-refractivity contribution is 5.31. The molecule has 1 aromatic rings. The molecule has 1 aliphatic rings. The van der Waals surface area contributed by atoms with Gasteiger partial charge in [-0.05, 0) is 46.7 Å². The lowest BCUT2D eigenvalue weighted by Gasteiger charge is -2.33. The van der Waals surface area contributed by atoms with E-state index >= 15 is 0 Å². The first-order valence-electron chi connectivity index (χ1n) is 7.15. The Morgan fingerprint density at radius 2 is 1.90 bits per heavy atom. The van der Waals surface area contributed by atoms with Crippen LogP contribution >= 0.6 is 0 Å². The Morgan fingerprint density at radius 3 is 2.45 bits per heavy atom. The van der Waals surface area contributed by atoms with Gasteiger partial charge in [0, 0.05) is 18.3 Å². The van der Waals surface area contributed by atoms with Crippen LogP contribution in [0.15, 0.2) is 10.9 Å². The fourth-order valence-corrected chi connectivity index (χ4v) is 3.00. The van der Waals surface area contributed by atoms with Crippen molar-refractivity contribution in [2.45, 2.75) is 45.7 Å². The minimum atomic E-state index is -0.551. The first-order valence-corrected chi connectivity index (χ1v) is 7.15. The fourth-order valence-electron chi connectivity index (χ4n) is 3.00. The largest absolute Gasteiger partial charge is 0.503 e. The minimum Gasteiger partial charge on any atom is -0.503 e. The molecule has 0 unspecified atom stereocenters. The molecule has 0 radical (unpaired) electrons. The Hall–Kier alpha value is -1.33. The molecule has 0 atom stereocenters. The van der Waals surface area contributed by atoms with E-state index in [9.17, 15) is 15.0 Å². The fraction of sp³-hybridized carbons (Fsp3) is 0.667. The van der Waals surface area contributed by atoms with Gasteiger partial charge in [-0.3, -0.25) is 9.69 Å². The van der Waals surface area contributed by atoms with Crippen LogP contribution in [0.4, 0.5) is 0 Å². The number of hydrogen-bond donors (Lipinski definition) is 2.